The van der Waals surface area contributed by atoms with E-state index in [0.717, 1.165) is 10.6 Å². The van der Waals surface area contributed by atoms with Gasteiger partial charge in [-0.2, -0.15) is 0 Å². The Morgan fingerprint density at radius 1 is 1.00 bits per heavy atom. The van der Waals surface area contributed by atoms with Crippen molar-refractivity contribution in [2.75, 3.05) is 11.1 Å². The molecular weight excluding hydrogens is 334 g/mol. The summed E-state index contributed by atoms with van der Waals surface area (Å²) in [5.41, 5.74) is 7.32. The molecule has 25 heavy (non-hydrogen) atoms. The van der Waals surface area contributed by atoms with Crippen molar-refractivity contribution in [3.8, 4) is 5.69 Å². The molecule has 3 aromatic rings. The standard InChI is InChI=1S/C19H17N3O2S/c20-18(23)13-25-17-9-2-1-8-16(17)21-19(24)14-6-5-7-15(12-14)22-10-3-4-11-22/h1-12H,13H2,(H2,20,23)(H,21,24). The van der Waals surface area contributed by atoms with Gasteiger partial charge in [-0.05, 0) is 42.5 Å². The number of benzene rings is 2. The molecule has 1 heterocycles. The van der Waals surface area contributed by atoms with Crippen LogP contribution in [0.5, 0.6) is 0 Å². The first-order valence-corrected chi connectivity index (χ1v) is 8.67. The van der Waals surface area contributed by atoms with Crippen LogP contribution in [-0.2, 0) is 4.79 Å². The smallest absolute Gasteiger partial charge is 0.255 e. The van der Waals surface area contributed by atoms with Crippen molar-refractivity contribution in [2.24, 2.45) is 5.73 Å². The zero-order chi connectivity index (χ0) is 17.6. The quantitative estimate of drug-likeness (QED) is 0.669. The van der Waals surface area contributed by atoms with E-state index in [4.69, 9.17) is 5.73 Å². The van der Waals surface area contributed by atoms with Crippen LogP contribution in [0.2, 0.25) is 0 Å². The third-order valence-corrected chi connectivity index (χ3v) is 4.61. The monoisotopic (exact) mass is 351 g/mol. The summed E-state index contributed by atoms with van der Waals surface area (Å²) < 4.78 is 1.94. The van der Waals surface area contributed by atoms with Crippen LogP contribution in [-0.4, -0.2) is 22.1 Å². The molecule has 0 bridgehead atoms. The third-order valence-electron chi connectivity index (χ3n) is 3.52. The summed E-state index contributed by atoms with van der Waals surface area (Å²) in [4.78, 5) is 24.4. The lowest BCUT2D eigenvalue weighted by molar-refractivity contribution is -0.115. The number of nitrogens with zero attached hydrogens (tertiary/aromatic N) is 1. The van der Waals surface area contributed by atoms with E-state index >= 15 is 0 Å². The van der Waals surface area contributed by atoms with E-state index < -0.39 is 5.91 Å². The zero-order valence-corrected chi connectivity index (χ0v) is 14.2. The normalized spacial score (nSPS) is 10.4. The third kappa shape index (κ3) is 4.30. The van der Waals surface area contributed by atoms with Gasteiger partial charge in [0.25, 0.3) is 5.91 Å². The fourth-order valence-electron chi connectivity index (χ4n) is 2.35. The number of hydrogen-bond donors (Lipinski definition) is 2. The molecule has 0 spiro atoms. The molecule has 3 rings (SSSR count). The lowest BCUT2D eigenvalue weighted by atomic mass is 10.2. The first kappa shape index (κ1) is 16.9. The minimum absolute atomic E-state index is 0.163. The summed E-state index contributed by atoms with van der Waals surface area (Å²) in [5, 5.41) is 2.90. The van der Waals surface area contributed by atoms with E-state index in [1.807, 2.05) is 65.5 Å². The average molecular weight is 351 g/mol. The van der Waals surface area contributed by atoms with Crippen molar-refractivity contribution in [3.63, 3.8) is 0 Å². The number of rotatable bonds is 6. The second-order valence-corrected chi connectivity index (χ2v) is 6.36. The highest BCUT2D eigenvalue weighted by molar-refractivity contribution is 8.00. The number of anilines is 1. The van der Waals surface area contributed by atoms with Gasteiger partial charge in [0.1, 0.15) is 0 Å². The molecule has 126 valence electrons. The Labute approximate surface area is 149 Å². The fourth-order valence-corrected chi connectivity index (χ4v) is 3.10. The van der Waals surface area contributed by atoms with Crippen LogP contribution in [0.1, 0.15) is 10.4 Å². The summed E-state index contributed by atoms with van der Waals surface area (Å²) in [7, 11) is 0. The highest BCUT2D eigenvalue weighted by Crippen LogP contribution is 2.27. The van der Waals surface area contributed by atoms with Gasteiger partial charge in [0.05, 0.1) is 11.4 Å². The molecule has 0 unspecified atom stereocenters. The van der Waals surface area contributed by atoms with Crippen molar-refractivity contribution < 1.29 is 9.59 Å². The van der Waals surface area contributed by atoms with Crippen molar-refractivity contribution in [1.82, 2.24) is 4.57 Å². The molecule has 0 aliphatic carbocycles. The van der Waals surface area contributed by atoms with Crippen LogP contribution in [0.3, 0.4) is 0 Å². The van der Waals surface area contributed by atoms with Crippen LogP contribution >= 0.6 is 11.8 Å². The number of carbonyl (C=O) groups is 2. The minimum Gasteiger partial charge on any atom is -0.369 e. The molecule has 5 nitrogen and oxygen atoms in total. The summed E-state index contributed by atoms with van der Waals surface area (Å²) in [5.74, 6) is -0.442. The summed E-state index contributed by atoms with van der Waals surface area (Å²) >= 11 is 1.30. The molecular formula is C19H17N3O2S. The molecule has 0 fully saturated rings. The van der Waals surface area contributed by atoms with Crippen LogP contribution in [0.4, 0.5) is 5.69 Å². The van der Waals surface area contributed by atoms with Crippen molar-refractivity contribution in [1.29, 1.82) is 0 Å². The average Bonchev–Trinajstić information content (AvgIpc) is 3.16. The summed E-state index contributed by atoms with van der Waals surface area (Å²) in [6.45, 7) is 0. The molecule has 3 N–H and O–H groups in total. The van der Waals surface area contributed by atoms with Gasteiger partial charge in [0.2, 0.25) is 5.91 Å². The number of aromatic nitrogens is 1. The number of nitrogens with one attached hydrogen (secondary N) is 1. The van der Waals surface area contributed by atoms with Crippen molar-refractivity contribution in [3.05, 3.63) is 78.6 Å². The Morgan fingerprint density at radius 2 is 1.76 bits per heavy atom. The molecule has 0 saturated carbocycles. The fraction of sp³-hybridized carbons (Fsp3) is 0.0526. The summed E-state index contributed by atoms with van der Waals surface area (Å²) in [6.07, 6.45) is 3.85. The van der Waals surface area contributed by atoms with E-state index in [1.165, 1.54) is 11.8 Å². The van der Waals surface area contributed by atoms with Gasteiger partial charge >= 0.3 is 0 Å². The predicted octanol–water partition coefficient (Wildman–Crippen LogP) is 3.31. The topological polar surface area (TPSA) is 77.1 Å². The van der Waals surface area contributed by atoms with Gasteiger partial charge in [0, 0.05) is 28.5 Å². The lowest BCUT2D eigenvalue weighted by Gasteiger charge is -2.11. The van der Waals surface area contributed by atoms with Gasteiger partial charge in [-0.3, -0.25) is 9.59 Å². The first-order valence-electron chi connectivity index (χ1n) is 7.68. The van der Waals surface area contributed by atoms with E-state index in [1.54, 1.807) is 12.1 Å². The second-order valence-electron chi connectivity index (χ2n) is 5.35. The van der Waals surface area contributed by atoms with Crippen LogP contribution in [0.25, 0.3) is 5.69 Å². The Bertz CT molecular complexity index is 891. The largest absolute Gasteiger partial charge is 0.369 e. The van der Waals surface area contributed by atoms with Gasteiger partial charge in [-0.25, -0.2) is 0 Å². The maximum Gasteiger partial charge on any atom is 0.255 e. The molecule has 0 atom stereocenters. The number of thioether (sulfide) groups is 1. The SMILES string of the molecule is NC(=O)CSc1ccccc1NC(=O)c1cccc(-n2cccc2)c1. The van der Waals surface area contributed by atoms with Gasteiger partial charge < -0.3 is 15.6 Å². The van der Waals surface area contributed by atoms with E-state index in [-0.39, 0.29) is 11.7 Å². The molecule has 0 saturated heterocycles. The van der Waals surface area contributed by atoms with E-state index in [2.05, 4.69) is 5.32 Å². The van der Waals surface area contributed by atoms with Crippen molar-refractivity contribution >= 4 is 29.3 Å². The molecule has 2 amide bonds. The number of carbonyl (C=O) groups excluding carboxylic acids is 2. The molecule has 1 aromatic heterocycles. The van der Waals surface area contributed by atoms with Crippen LogP contribution in [0.15, 0.2) is 78.0 Å². The lowest BCUT2D eigenvalue weighted by Crippen LogP contribution is -2.15. The number of primary amides is 1. The van der Waals surface area contributed by atoms with Gasteiger partial charge in [-0.1, -0.05) is 18.2 Å². The Kier molecular flexibility index (Phi) is 5.20. The van der Waals surface area contributed by atoms with Crippen LogP contribution in [0, 0.1) is 0 Å². The molecule has 2 aromatic carbocycles. The Morgan fingerprint density at radius 3 is 2.52 bits per heavy atom. The number of para-hydroxylation sites is 1. The highest BCUT2D eigenvalue weighted by Gasteiger charge is 2.11. The molecule has 0 aliphatic rings. The second kappa shape index (κ2) is 7.72. The minimum atomic E-state index is -0.398. The maximum atomic E-state index is 12.6. The predicted molar refractivity (Wildman–Crippen MR) is 100 cm³/mol. The molecule has 6 heteroatoms. The number of nitrogens with two attached hydrogens (primary N) is 1. The number of hydrogen-bond acceptors (Lipinski definition) is 3. The molecule has 0 aliphatic heterocycles. The molecule has 0 radical (unpaired) electrons. The van der Waals surface area contributed by atoms with Gasteiger partial charge in [0.15, 0.2) is 0 Å². The number of amides is 2. The Balaban J connectivity index is 1.79. The zero-order valence-electron chi connectivity index (χ0n) is 13.4. The van der Waals surface area contributed by atoms with Crippen molar-refractivity contribution in [2.45, 2.75) is 4.90 Å². The van der Waals surface area contributed by atoms with Gasteiger partial charge in [-0.15, -0.1) is 11.8 Å². The maximum absolute atomic E-state index is 12.6. The van der Waals surface area contributed by atoms with E-state index in [0.29, 0.717) is 11.3 Å². The van der Waals surface area contributed by atoms with Crippen LogP contribution < -0.4 is 11.1 Å². The highest BCUT2D eigenvalue weighted by atomic mass is 32.2. The van der Waals surface area contributed by atoms with E-state index in [9.17, 15) is 9.59 Å². The summed E-state index contributed by atoms with van der Waals surface area (Å²) in [6, 6.07) is 18.6. The Hall–Kier alpha value is -2.99. The first-order chi connectivity index (χ1) is 12.1.